The molecule has 0 atom stereocenters. The molecule has 9 aromatic rings. The lowest BCUT2D eigenvalue weighted by atomic mass is 9.85. The average Bonchev–Trinajstić information content (AvgIpc) is 3.16. The summed E-state index contributed by atoms with van der Waals surface area (Å²) in [5.41, 5.74) is 9.94. The Kier molecular flexibility index (Phi) is 6.91. The molecule has 0 aliphatic rings. The fourth-order valence-electron chi connectivity index (χ4n) is 7.38. The van der Waals surface area contributed by atoms with Crippen molar-refractivity contribution in [1.82, 2.24) is 0 Å². The molecular weight excluding hydrogens is 577 g/mol. The molecule has 0 amide bonds. The minimum Gasteiger partial charge on any atom is -0.0622 e. The summed E-state index contributed by atoms with van der Waals surface area (Å²) in [5.74, 6) is 0. The minimum absolute atomic E-state index is 1.18. The van der Waals surface area contributed by atoms with E-state index in [4.69, 9.17) is 0 Å². The van der Waals surface area contributed by atoms with Crippen LogP contribution in [0.4, 0.5) is 0 Å². The number of benzene rings is 9. The van der Waals surface area contributed by atoms with Crippen molar-refractivity contribution in [1.29, 1.82) is 0 Å². The highest BCUT2D eigenvalue weighted by atomic mass is 14.2. The van der Waals surface area contributed by atoms with Gasteiger partial charge in [-0.2, -0.15) is 0 Å². The molecule has 9 rings (SSSR count). The van der Waals surface area contributed by atoms with Crippen LogP contribution in [0.2, 0.25) is 0 Å². The third kappa shape index (κ3) is 4.87. The summed E-state index contributed by atoms with van der Waals surface area (Å²) in [6.07, 6.45) is 4.47. The third-order valence-electron chi connectivity index (χ3n) is 9.67. The topological polar surface area (TPSA) is 0 Å². The molecule has 0 spiro atoms. The van der Waals surface area contributed by atoms with Gasteiger partial charge in [0.15, 0.2) is 0 Å². The monoisotopic (exact) mass is 608 g/mol. The molecule has 0 saturated carbocycles. The Morgan fingerprint density at radius 1 is 0.292 bits per heavy atom. The molecule has 9 aromatic carbocycles. The van der Waals surface area contributed by atoms with E-state index in [9.17, 15) is 0 Å². The smallest absolute Gasteiger partial charge is 0.00262 e. The maximum absolute atomic E-state index is 2.34. The van der Waals surface area contributed by atoms with E-state index in [0.717, 1.165) is 0 Å². The lowest BCUT2D eigenvalue weighted by Crippen LogP contribution is -1.91. The van der Waals surface area contributed by atoms with Crippen LogP contribution in [0.15, 0.2) is 182 Å². The molecule has 0 N–H and O–H groups in total. The van der Waals surface area contributed by atoms with E-state index in [2.05, 4.69) is 194 Å². The van der Waals surface area contributed by atoms with E-state index >= 15 is 0 Å². The molecule has 0 bridgehead atoms. The van der Waals surface area contributed by atoms with Crippen LogP contribution in [-0.2, 0) is 0 Å². The van der Waals surface area contributed by atoms with Crippen LogP contribution in [0.25, 0.3) is 88.6 Å². The van der Waals surface area contributed by atoms with Gasteiger partial charge < -0.3 is 0 Å². The van der Waals surface area contributed by atoms with Gasteiger partial charge in [-0.05, 0) is 93.7 Å². The number of hydrogen-bond donors (Lipinski definition) is 0. The first-order valence-corrected chi connectivity index (χ1v) is 16.6. The van der Waals surface area contributed by atoms with E-state index < -0.39 is 0 Å². The van der Waals surface area contributed by atoms with E-state index in [1.54, 1.807) is 0 Å². The Hall–Kier alpha value is -6.24. The summed E-state index contributed by atoms with van der Waals surface area (Å²) in [5, 5.41) is 10.1. The molecule has 48 heavy (non-hydrogen) atoms. The molecule has 0 nitrogen and oxygen atoms in total. The predicted octanol–water partition coefficient (Wildman–Crippen LogP) is 13.5. The van der Waals surface area contributed by atoms with Gasteiger partial charge in [-0.25, -0.2) is 0 Å². The molecule has 0 heteroatoms. The summed E-state index contributed by atoms with van der Waals surface area (Å²) < 4.78 is 0. The van der Waals surface area contributed by atoms with Crippen LogP contribution in [0.1, 0.15) is 11.1 Å². The molecule has 0 aliphatic carbocycles. The van der Waals surface area contributed by atoms with Crippen molar-refractivity contribution in [2.75, 3.05) is 0 Å². The second-order valence-electron chi connectivity index (χ2n) is 12.5. The number of hydrogen-bond acceptors (Lipinski definition) is 0. The Labute approximate surface area is 280 Å². The van der Waals surface area contributed by atoms with Crippen LogP contribution in [0, 0.1) is 0 Å². The second-order valence-corrected chi connectivity index (χ2v) is 12.5. The van der Waals surface area contributed by atoms with Crippen LogP contribution >= 0.6 is 0 Å². The Morgan fingerprint density at radius 2 is 0.812 bits per heavy atom. The molecule has 224 valence electrons. The van der Waals surface area contributed by atoms with Gasteiger partial charge in [-0.15, -0.1) is 0 Å². The minimum atomic E-state index is 1.18. The Balaban J connectivity index is 1.13. The zero-order valence-corrected chi connectivity index (χ0v) is 26.5. The maximum atomic E-state index is 2.34. The first kappa shape index (κ1) is 28.0. The van der Waals surface area contributed by atoms with Crippen molar-refractivity contribution in [3.05, 3.63) is 193 Å². The quantitative estimate of drug-likeness (QED) is 0.135. The van der Waals surface area contributed by atoms with E-state index in [-0.39, 0.29) is 0 Å². The summed E-state index contributed by atoms with van der Waals surface area (Å²) >= 11 is 0. The van der Waals surface area contributed by atoms with Gasteiger partial charge in [0.2, 0.25) is 0 Å². The van der Waals surface area contributed by atoms with Crippen molar-refractivity contribution < 1.29 is 0 Å². The molecular formula is C48H32. The van der Waals surface area contributed by atoms with E-state index in [1.807, 2.05) is 0 Å². The van der Waals surface area contributed by atoms with E-state index in [1.165, 1.54) is 87.6 Å². The fraction of sp³-hybridized carbons (Fsp3) is 0. The first-order chi connectivity index (χ1) is 23.8. The Bertz CT molecular complexity index is 2580. The van der Waals surface area contributed by atoms with Gasteiger partial charge in [-0.1, -0.05) is 188 Å². The zero-order valence-electron chi connectivity index (χ0n) is 26.5. The normalized spacial score (nSPS) is 11.7. The van der Waals surface area contributed by atoms with Crippen molar-refractivity contribution >= 4 is 55.2 Å². The third-order valence-corrected chi connectivity index (χ3v) is 9.67. The highest BCUT2D eigenvalue weighted by molar-refractivity contribution is 6.21. The molecule has 0 unspecified atom stereocenters. The summed E-state index contributed by atoms with van der Waals surface area (Å²) in [7, 11) is 0. The molecule has 0 fully saturated rings. The largest absolute Gasteiger partial charge is 0.0622 e. The molecule has 0 heterocycles. The van der Waals surface area contributed by atoms with Crippen LogP contribution in [0.5, 0.6) is 0 Å². The molecule has 0 saturated heterocycles. The van der Waals surface area contributed by atoms with Gasteiger partial charge in [0.1, 0.15) is 0 Å². The predicted molar refractivity (Wildman–Crippen MR) is 208 cm³/mol. The maximum Gasteiger partial charge on any atom is -0.00262 e. The zero-order chi connectivity index (χ0) is 31.9. The Morgan fingerprint density at radius 3 is 1.48 bits per heavy atom. The SMILES string of the molecule is C(=Cc1ccc(-c2ccccc2)c2ccccc12)c1ccc(-c2c3ccccc3c(-c3ccc4ccccc4c3)c3ccccc23)cc1. The average molecular weight is 609 g/mol. The lowest BCUT2D eigenvalue weighted by molar-refractivity contribution is 1.63. The van der Waals surface area contributed by atoms with Crippen LogP contribution in [0.3, 0.4) is 0 Å². The van der Waals surface area contributed by atoms with Gasteiger partial charge in [0.25, 0.3) is 0 Å². The van der Waals surface area contributed by atoms with Gasteiger partial charge in [0.05, 0.1) is 0 Å². The van der Waals surface area contributed by atoms with Crippen molar-refractivity contribution in [2.45, 2.75) is 0 Å². The molecule has 0 aromatic heterocycles. The summed E-state index contributed by atoms with van der Waals surface area (Å²) in [4.78, 5) is 0. The van der Waals surface area contributed by atoms with Gasteiger partial charge >= 0.3 is 0 Å². The number of rotatable bonds is 5. The second kappa shape index (κ2) is 11.8. The van der Waals surface area contributed by atoms with Gasteiger partial charge in [-0.3, -0.25) is 0 Å². The van der Waals surface area contributed by atoms with E-state index in [0.29, 0.717) is 0 Å². The highest BCUT2D eigenvalue weighted by Crippen LogP contribution is 2.44. The van der Waals surface area contributed by atoms with Crippen LogP contribution in [-0.4, -0.2) is 0 Å². The molecule has 0 aliphatic heterocycles. The first-order valence-electron chi connectivity index (χ1n) is 16.6. The van der Waals surface area contributed by atoms with Gasteiger partial charge in [0, 0.05) is 0 Å². The lowest BCUT2D eigenvalue weighted by Gasteiger charge is -2.18. The standard InChI is InChI=1S/C48H32/c1-2-13-35(14-3-1)41-31-30-36(40-16-6-7-17-42(40)41)25-22-33-23-26-37(27-24-33)47-43-18-8-10-20-45(43)48(46-21-11-9-19-44(46)47)39-29-28-34-12-4-5-15-38(34)32-39/h1-32H. The van der Waals surface area contributed by atoms with Crippen molar-refractivity contribution in [3.63, 3.8) is 0 Å². The number of fused-ring (bicyclic) bond motifs is 4. The molecule has 0 radical (unpaired) electrons. The van der Waals surface area contributed by atoms with Crippen molar-refractivity contribution in [3.8, 4) is 33.4 Å². The highest BCUT2D eigenvalue weighted by Gasteiger charge is 2.16. The van der Waals surface area contributed by atoms with Crippen molar-refractivity contribution in [2.24, 2.45) is 0 Å². The van der Waals surface area contributed by atoms with Crippen LogP contribution < -0.4 is 0 Å². The summed E-state index contributed by atoms with van der Waals surface area (Å²) in [6.45, 7) is 0. The fourth-order valence-corrected chi connectivity index (χ4v) is 7.38. The summed E-state index contributed by atoms with van der Waals surface area (Å²) in [6, 6.07) is 66.1.